The van der Waals surface area contributed by atoms with Crippen molar-refractivity contribution in [3.8, 4) is 0 Å². The Balaban J connectivity index is 1.90. The number of nitrogens with one attached hydrogen (secondary N) is 1. The summed E-state index contributed by atoms with van der Waals surface area (Å²) >= 11 is 1.68. The van der Waals surface area contributed by atoms with E-state index in [2.05, 4.69) is 10.4 Å². The molecule has 1 amide bonds. The normalized spacial score (nSPS) is 15.8. The Bertz CT molecular complexity index is 937. The van der Waals surface area contributed by atoms with Crippen LogP contribution in [0.1, 0.15) is 15.9 Å². The minimum atomic E-state index is -3.87. The van der Waals surface area contributed by atoms with Crippen LogP contribution < -0.4 is 5.32 Å². The van der Waals surface area contributed by atoms with Crippen molar-refractivity contribution in [2.24, 2.45) is 7.05 Å². The van der Waals surface area contributed by atoms with Gasteiger partial charge in [0.15, 0.2) is 0 Å². The number of anilines is 1. The lowest BCUT2D eigenvalue weighted by Gasteiger charge is -2.24. The highest BCUT2D eigenvalue weighted by molar-refractivity contribution is 7.99. The van der Waals surface area contributed by atoms with Crippen LogP contribution in [-0.4, -0.2) is 53.0 Å². The molecule has 0 spiro atoms. The number of sulfonamides is 1. The van der Waals surface area contributed by atoms with Crippen LogP contribution in [0, 0.1) is 12.7 Å². The number of rotatable bonds is 4. The Morgan fingerprint density at radius 2 is 2.00 bits per heavy atom. The summed E-state index contributed by atoms with van der Waals surface area (Å²) in [7, 11) is -2.32. The summed E-state index contributed by atoms with van der Waals surface area (Å²) < 4.78 is 42.1. The second-order valence-corrected chi connectivity index (χ2v) is 9.03. The van der Waals surface area contributed by atoms with Gasteiger partial charge in [0.1, 0.15) is 5.82 Å². The molecule has 1 N–H and O–H groups in total. The average Bonchev–Trinajstić information content (AvgIpc) is 3.02. The number of carbonyl (C=O) groups is 1. The minimum absolute atomic E-state index is 0.0632. The molecular weight excluding hydrogens is 379 g/mol. The Morgan fingerprint density at radius 3 is 2.65 bits per heavy atom. The Labute approximate surface area is 155 Å². The van der Waals surface area contributed by atoms with Crippen LogP contribution in [0.3, 0.4) is 0 Å². The summed E-state index contributed by atoms with van der Waals surface area (Å²) in [6, 6.07) is 4.29. The van der Waals surface area contributed by atoms with Gasteiger partial charge in [0.2, 0.25) is 5.03 Å². The van der Waals surface area contributed by atoms with Crippen LogP contribution in [0.5, 0.6) is 0 Å². The number of aromatic nitrogens is 2. The second-order valence-electron chi connectivity index (χ2n) is 5.96. The van der Waals surface area contributed by atoms with Crippen molar-refractivity contribution in [2.75, 3.05) is 29.9 Å². The lowest BCUT2D eigenvalue weighted by Crippen LogP contribution is -2.38. The van der Waals surface area contributed by atoms with E-state index in [1.54, 1.807) is 31.8 Å². The van der Waals surface area contributed by atoms with Crippen molar-refractivity contribution in [3.63, 3.8) is 0 Å². The SMILES string of the molecule is Cc1ccc(NC(=O)c2cn(C)nc2S(=O)(=O)N2CCSCC2)cc1F. The maximum atomic E-state index is 13.7. The van der Waals surface area contributed by atoms with Gasteiger partial charge in [-0.1, -0.05) is 6.07 Å². The van der Waals surface area contributed by atoms with Crippen molar-refractivity contribution < 1.29 is 17.6 Å². The van der Waals surface area contributed by atoms with Crippen LogP contribution in [0.4, 0.5) is 10.1 Å². The molecule has 1 fully saturated rings. The number of hydrogen-bond acceptors (Lipinski definition) is 5. The van der Waals surface area contributed by atoms with Crippen LogP contribution in [0.15, 0.2) is 29.4 Å². The maximum Gasteiger partial charge on any atom is 0.263 e. The molecule has 1 aromatic heterocycles. The molecular formula is C16H19FN4O3S2. The summed E-state index contributed by atoms with van der Waals surface area (Å²) in [5.41, 5.74) is 0.641. The molecule has 0 aliphatic carbocycles. The highest BCUT2D eigenvalue weighted by Crippen LogP contribution is 2.23. The van der Waals surface area contributed by atoms with E-state index in [1.807, 2.05) is 0 Å². The molecule has 7 nitrogen and oxygen atoms in total. The molecule has 0 unspecified atom stereocenters. The van der Waals surface area contributed by atoms with Crippen molar-refractivity contribution in [1.82, 2.24) is 14.1 Å². The number of aryl methyl sites for hydroxylation is 2. The molecule has 0 radical (unpaired) electrons. The Hall–Kier alpha value is -1.91. The van der Waals surface area contributed by atoms with Gasteiger partial charge in [-0.3, -0.25) is 9.48 Å². The summed E-state index contributed by atoms with van der Waals surface area (Å²) in [6.07, 6.45) is 1.35. The standard InChI is InChI=1S/C16H19FN4O3S2/c1-11-3-4-12(9-14(11)17)18-15(22)13-10-20(2)19-16(13)26(23,24)21-5-7-25-8-6-21/h3-4,9-10H,5-8H2,1-2H3,(H,18,22). The number of amides is 1. The number of carbonyl (C=O) groups excluding carboxylic acids is 1. The van der Waals surface area contributed by atoms with Gasteiger partial charge in [-0.15, -0.1) is 0 Å². The Kier molecular flexibility index (Phi) is 5.35. The number of nitrogens with zero attached hydrogens (tertiary/aromatic N) is 3. The van der Waals surface area contributed by atoms with E-state index in [9.17, 15) is 17.6 Å². The van der Waals surface area contributed by atoms with Gasteiger partial charge >= 0.3 is 0 Å². The molecule has 140 valence electrons. The first kappa shape index (κ1) is 18.9. The summed E-state index contributed by atoms with van der Waals surface area (Å²) in [5.74, 6) is 0.311. The lowest BCUT2D eigenvalue weighted by atomic mass is 10.2. The van der Waals surface area contributed by atoms with Crippen LogP contribution in [0.25, 0.3) is 0 Å². The first-order valence-electron chi connectivity index (χ1n) is 7.98. The average molecular weight is 398 g/mol. The van der Waals surface area contributed by atoms with Gasteiger partial charge in [-0.2, -0.15) is 21.2 Å². The molecule has 3 rings (SSSR count). The van der Waals surface area contributed by atoms with E-state index >= 15 is 0 Å². The predicted molar refractivity (Wildman–Crippen MR) is 98.4 cm³/mol. The number of thioether (sulfide) groups is 1. The van der Waals surface area contributed by atoms with Gasteiger partial charge in [0, 0.05) is 43.5 Å². The third kappa shape index (κ3) is 3.76. The maximum absolute atomic E-state index is 13.7. The third-order valence-electron chi connectivity index (χ3n) is 4.02. The topological polar surface area (TPSA) is 84.3 Å². The molecule has 1 aromatic carbocycles. The highest BCUT2D eigenvalue weighted by atomic mass is 32.2. The molecule has 2 heterocycles. The first-order valence-corrected chi connectivity index (χ1v) is 10.6. The zero-order chi connectivity index (χ0) is 18.9. The lowest BCUT2D eigenvalue weighted by molar-refractivity contribution is 0.102. The molecule has 1 aliphatic rings. The fraction of sp³-hybridized carbons (Fsp3) is 0.375. The monoisotopic (exact) mass is 398 g/mol. The van der Waals surface area contributed by atoms with Crippen molar-refractivity contribution in [2.45, 2.75) is 11.9 Å². The summed E-state index contributed by atoms with van der Waals surface area (Å²) in [4.78, 5) is 12.6. The molecule has 1 aliphatic heterocycles. The third-order valence-corrected chi connectivity index (χ3v) is 6.80. The van der Waals surface area contributed by atoms with Gasteiger partial charge in [0.25, 0.3) is 15.9 Å². The Morgan fingerprint density at radius 1 is 1.31 bits per heavy atom. The van der Waals surface area contributed by atoms with Crippen molar-refractivity contribution in [3.05, 3.63) is 41.3 Å². The second kappa shape index (κ2) is 7.37. The van der Waals surface area contributed by atoms with E-state index in [1.165, 1.54) is 27.3 Å². The van der Waals surface area contributed by atoms with Gasteiger partial charge in [-0.25, -0.2) is 12.8 Å². The summed E-state index contributed by atoms with van der Waals surface area (Å²) in [6.45, 7) is 2.38. The van der Waals surface area contributed by atoms with E-state index in [0.29, 0.717) is 30.2 Å². The highest BCUT2D eigenvalue weighted by Gasteiger charge is 2.33. The van der Waals surface area contributed by atoms with Gasteiger partial charge in [-0.05, 0) is 24.6 Å². The fourth-order valence-electron chi connectivity index (χ4n) is 2.59. The number of halogens is 1. The molecule has 1 saturated heterocycles. The predicted octanol–water partition coefficient (Wildman–Crippen LogP) is 1.86. The van der Waals surface area contributed by atoms with Gasteiger partial charge < -0.3 is 5.32 Å². The van der Waals surface area contributed by atoms with E-state index in [0.717, 1.165) is 0 Å². The minimum Gasteiger partial charge on any atom is -0.322 e. The molecule has 10 heteroatoms. The van der Waals surface area contributed by atoms with Crippen LogP contribution in [0.2, 0.25) is 0 Å². The van der Waals surface area contributed by atoms with E-state index < -0.39 is 21.7 Å². The largest absolute Gasteiger partial charge is 0.322 e. The van der Waals surface area contributed by atoms with Crippen LogP contribution in [-0.2, 0) is 17.1 Å². The number of hydrogen-bond donors (Lipinski definition) is 1. The van der Waals surface area contributed by atoms with E-state index in [4.69, 9.17) is 0 Å². The molecule has 2 aromatic rings. The molecule has 26 heavy (non-hydrogen) atoms. The zero-order valence-electron chi connectivity index (χ0n) is 14.4. The van der Waals surface area contributed by atoms with Gasteiger partial charge in [0.05, 0.1) is 5.56 Å². The smallest absolute Gasteiger partial charge is 0.263 e. The van der Waals surface area contributed by atoms with Crippen molar-refractivity contribution >= 4 is 33.4 Å². The van der Waals surface area contributed by atoms with E-state index in [-0.39, 0.29) is 16.3 Å². The molecule has 0 saturated carbocycles. The summed E-state index contributed by atoms with van der Waals surface area (Å²) in [5, 5.41) is 6.25. The number of benzene rings is 1. The molecule has 0 bridgehead atoms. The molecule has 0 atom stereocenters. The fourth-order valence-corrected chi connectivity index (χ4v) is 5.29. The van der Waals surface area contributed by atoms with Crippen LogP contribution >= 0.6 is 11.8 Å². The first-order chi connectivity index (χ1) is 12.3. The zero-order valence-corrected chi connectivity index (χ0v) is 16.0. The van der Waals surface area contributed by atoms with Crippen molar-refractivity contribution in [1.29, 1.82) is 0 Å². The quantitative estimate of drug-likeness (QED) is 0.850.